The van der Waals surface area contributed by atoms with Gasteiger partial charge in [0.1, 0.15) is 10.8 Å². The summed E-state index contributed by atoms with van der Waals surface area (Å²) in [5.41, 5.74) is 1.07. The number of rotatable bonds is 5. The first-order valence-corrected chi connectivity index (χ1v) is 8.08. The number of thiazole rings is 1. The normalized spacial score (nSPS) is 16.6. The van der Waals surface area contributed by atoms with Crippen LogP contribution in [0.2, 0.25) is 0 Å². The van der Waals surface area contributed by atoms with E-state index in [1.165, 1.54) is 30.6 Å². The molecule has 1 saturated carbocycles. The molecule has 1 fully saturated rings. The summed E-state index contributed by atoms with van der Waals surface area (Å²) < 4.78 is 0. The lowest BCUT2D eigenvalue weighted by Crippen LogP contribution is -2.08. The molecule has 0 unspecified atom stereocenters. The van der Waals surface area contributed by atoms with Crippen LogP contribution in [0.5, 0.6) is 0 Å². The fraction of sp³-hybridized carbons (Fsp3) is 0.692. The Balaban J connectivity index is 1.76. The number of thioether (sulfide) groups is 1. The molecule has 1 heterocycles. The maximum atomic E-state index is 11.8. The number of carbonyl (C=O) groups excluding carboxylic acids is 1. The monoisotopic (exact) mass is 269 g/mol. The third-order valence-corrected chi connectivity index (χ3v) is 5.71. The summed E-state index contributed by atoms with van der Waals surface area (Å²) in [4.78, 5) is 17.5. The van der Waals surface area contributed by atoms with E-state index in [1.54, 1.807) is 11.3 Å². The van der Waals surface area contributed by atoms with E-state index in [2.05, 4.69) is 11.9 Å². The lowest BCUT2D eigenvalue weighted by molar-refractivity contribution is -0.116. The van der Waals surface area contributed by atoms with Gasteiger partial charge in [0.2, 0.25) is 0 Å². The Hall–Kier alpha value is -0.350. The van der Waals surface area contributed by atoms with Crippen LogP contribution in [-0.4, -0.2) is 21.8 Å². The van der Waals surface area contributed by atoms with Crippen molar-refractivity contribution in [1.82, 2.24) is 4.98 Å². The molecule has 1 aliphatic carbocycles. The Bertz CT molecular complexity index is 375. The van der Waals surface area contributed by atoms with E-state index in [0.29, 0.717) is 18.0 Å². The molecule has 2 rings (SSSR count). The summed E-state index contributed by atoms with van der Waals surface area (Å²) in [6.07, 6.45) is 5.81. The fourth-order valence-electron chi connectivity index (χ4n) is 2.10. The molecule has 0 N–H and O–H groups in total. The number of aryl methyl sites for hydroxylation is 2. The van der Waals surface area contributed by atoms with Crippen molar-refractivity contribution < 1.29 is 4.79 Å². The highest BCUT2D eigenvalue weighted by Gasteiger charge is 2.17. The van der Waals surface area contributed by atoms with Gasteiger partial charge >= 0.3 is 0 Å². The van der Waals surface area contributed by atoms with E-state index >= 15 is 0 Å². The minimum Gasteiger partial charge on any atom is -0.298 e. The molecular formula is C13H19NOS2. The molecule has 0 saturated heterocycles. The third kappa shape index (κ3) is 3.81. The molecular weight excluding hydrogens is 250 g/mol. The number of aromatic nitrogens is 1. The van der Waals surface area contributed by atoms with Gasteiger partial charge in [-0.15, -0.1) is 11.3 Å². The van der Waals surface area contributed by atoms with Crippen molar-refractivity contribution in [3.8, 4) is 0 Å². The first-order chi connectivity index (χ1) is 8.15. The summed E-state index contributed by atoms with van der Waals surface area (Å²) in [6, 6.07) is 0. The molecule has 0 bridgehead atoms. The van der Waals surface area contributed by atoms with Crippen LogP contribution in [0, 0.1) is 13.8 Å². The van der Waals surface area contributed by atoms with Gasteiger partial charge in [0.15, 0.2) is 0 Å². The Morgan fingerprint density at radius 1 is 1.41 bits per heavy atom. The van der Waals surface area contributed by atoms with Crippen molar-refractivity contribution >= 4 is 28.9 Å². The second-order valence-corrected chi connectivity index (χ2v) is 7.26. The van der Waals surface area contributed by atoms with Crippen LogP contribution in [-0.2, 0) is 11.2 Å². The molecule has 0 radical (unpaired) electrons. The van der Waals surface area contributed by atoms with Gasteiger partial charge in [-0.05, 0) is 26.7 Å². The molecule has 1 aromatic rings. The van der Waals surface area contributed by atoms with Gasteiger partial charge in [0.05, 0.1) is 17.9 Å². The van der Waals surface area contributed by atoms with E-state index in [4.69, 9.17) is 0 Å². The predicted octanol–water partition coefficient (Wildman–Crippen LogP) is 3.55. The summed E-state index contributed by atoms with van der Waals surface area (Å²) >= 11 is 3.51. The Kier molecular flexibility index (Phi) is 4.62. The number of ketones is 1. The van der Waals surface area contributed by atoms with E-state index in [1.807, 2.05) is 18.7 Å². The molecule has 0 aromatic carbocycles. The van der Waals surface area contributed by atoms with Crippen LogP contribution >= 0.6 is 23.1 Å². The highest BCUT2D eigenvalue weighted by Crippen LogP contribution is 2.29. The first-order valence-electron chi connectivity index (χ1n) is 6.21. The lowest BCUT2D eigenvalue weighted by Gasteiger charge is -2.06. The number of nitrogens with zero attached hydrogens (tertiary/aromatic N) is 1. The number of hydrogen-bond donors (Lipinski definition) is 0. The number of hydrogen-bond acceptors (Lipinski definition) is 4. The molecule has 0 spiro atoms. The van der Waals surface area contributed by atoms with Crippen LogP contribution in [0.15, 0.2) is 0 Å². The SMILES string of the molecule is Cc1nc(CC(=O)CSC2CCCC2)sc1C. The molecule has 1 aromatic heterocycles. The van der Waals surface area contributed by atoms with Crippen molar-refractivity contribution in [2.45, 2.75) is 51.2 Å². The zero-order valence-corrected chi connectivity index (χ0v) is 12.1. The van der Waals surface area contributed by atoms with Gasteiger partial charge in [-0.1, -0.05) is 12.8 Å². The van der Waals surface area contributed by atoms with Gasteiger partial charge in [-0.3, -0.25) is 4.79 Å². The number of Topliss-reactive ketones (excluding diaryl/α,β-unsaturated/α-hetero) is 1. The predicted molar refractivity (Wildman–Crippen MR) is 75.0 cm³/mol. The average Bonchev–Trinajstić information content (AvgIpc) is 2.87. The minimum absolute atomic E-state index is 0.329. The van der Waals surface area contributed by atoms with E-state index in [-0.39, 0.29) is 0 Å². The van der Waals surface area contributed by atoms with Crippen molar-refractivity contribution in [3.63, 3.8) is 0 Å². The second kappa shape index (κ2) is 6.01. The Morgan fingerprint density at radius 3 is 2.71 bits per heavy atom. The van der Waals surface area contributed by atoms with E-state index in [0.717, 1.165) is 16.0 Å². The van der Waals surface area contributed by atoms with Crippen LogP contribution in [0.4, 0.5) is 0 Å². The number of carbonyl (C=O) groups is 1. The maximum absolute atomic E-state index is 11.8. The molecule has 0 amide bonds. The fourth-order valence-corrected chi connectivity index (χ4v) is 4.25. The van der Waals surface area contributed by atoms with Gasteiger partial charge in [0, 0.05) is 10.1 Å². The third-order valence-electron chi connectivity index (χ3n) is 3.20. The second-order valence-electron chi connectivity index (χ2n) is 4.68. The van der Waals surface area contributed by atoms with E-state index < -0.39 is 0 Å². The Labute approximate surface area is 111 Å². The van der Waals surface area contributed by atoms with Gasteiger partial charge < -0.3 is 0 Å². The lowest BCUT2D eigenvalue weighted by atomic mass is 10.3. The molecule has 0 aliphatic heterocycles. The summed E-state index contributed by atoms with van der Waals surface area (Å²) in [6.45, 7) is 4.07. The van der Waals surface area contributed by atoms with Crippen LogP contribution in [0.25, 0.3) is 0 Å². The minimum atomic E-state index is 0.329. The Morgan fingerprint density at radius 2 is 2.12 bits per heavy atom. The average molecular weight is 269 g/mol. The maximum Gasteiger partial charge on any atom is 0.149 e. The van der Waals surface area contributed by atoms with Crippen molar-refractivity contribution in [1.29, 1.82) is 0 Å². The quantitative estimate of drug-likeness (QED) is 0.819. The molecule has 17 heavy (non-hydrogen) atoms. The molecule has 94 valence electrons. The van der Waals surface area contributed by atoms with E-state index in [9.17, 15) is 4.79 Å². The zero-order valence-electron chi connectivity index (χ0n) is 10.5. The molecule has 4 heteroatoms. The molecule has 2 nitrogen and oxygen atoms in total. The van der Waals surface area contributed by atoms with Crippen molar-refractivity contribution in [2.75, 3.05) is 5.75 Å². The largest absolute Gasteiger partial charge is 0.298 e. The summed E-state index contributed by atoms with van der Waals surface area (Å²) in [5, 5.41) is 1.72. The summed E-state index contributed by atoms with van der Waals surface area (Å²) in [7, 11) is 0. The van der Waals surface area contributed by atoms with Gasteiger partial charge in [0.25, 0.3) is 0 Å². The first kappa shape index (κ1) is 13.1. The van der Waals surface area contributed by atoms with Crippen LogP contribution in [0.1, 0.15) is 41.3 Å². The topological polar surface area (TPSA) is 30.0 Å². The van der Waals surface area contributed by atoms with Crippen LogP contribution < -0.4 is 0 Å². The van der Waals surface area contributed by atoms with Gasteiger partial charge in [-0.25, -0.2) is 4.98 Å². The zero-order chi connectivity index (χ0) is 12.3. The highest BCUT2D eigenvalue weighted by atomic mass is 32.2. The van der Waals surface area contributed by atoms with Gasteiger partial charge in [-0.2, -0.15) is 11.8 Å². The summed E-state index contributed by atoms with van der Waals surface area (Å²) in [5.74, 6) is 0.998. The smallest absolute Gasteiger partial charge is 0.149 e. The molecule has 1 aliphatic rings. The standard InChI is InChI=1S/C13H19NOS2/c1-9-10(2)17-13(14-9)7-11(15)8-16-12-5-3-4-6-12/h12H,3-8H2,1-2H3. The highest BCUT2D eigenvalue weighted by molar-refractivity contribution is 8.00. The van der Waals surface area contributed by atoms with Crippen molar-refractivity contribution in [3.05, 3.63) is 15.6 Å². The molecule has 0 atom stereocenters. The van der Waals surface area contributed by atoms with Crippen LogP contribution in [0.3, 0.4) is 0 Å². The van der Waals surface area contributed by atoms with Crippen molar-refractivity contribution in [2.24, 2.45) is 0 Å².